The number of nitrogens with zero attached hydrogens (tertiary/aromatic N) is 4. The van der Waals surface area contributed by atoms with Gasteiger partial charge in [-0.15, -0.1) is 13.2 Å². The van der Waals surface area contributed by atoms with Crippen LogP contribution in [-0.4, -0.2) is 70.7 Å². The fourth-order valence-electron chi connectivity index (χ4n) is 3.33. The molecule has 3 rings (SSSR count). The van der Waals surface area contributed by atoms with Gasteiger partial charge in [0, 0.05) is 37.7 Å². The van der Waals surface area contributed by atoms with Crippen molar-refractivity contribution in [3.05, 3.63) is 41.7 Å². The predicted octanol–water partition coefficient (Wildman–Crippen LogP) is 2.24. The first-order valence-electron chi connectivity index (χ1n) is 9.53. The van der Waals surface area contributed by atoms with E-state index in [2.05, 4.69) is 14.7 Å². The number of alkyl halides is 3. The molecule has 1 unspecified atom stereocenters. The first-order valence-corrected chi connectivity index (χ1v) is 9.53. The van der Waals surface area contributed by atoms with Crippen molar-refractivity contribution in [3.63, 3.8) is 0 Å². The molecule has 2 heterocycles. The molecule has 2 N–H and O–H groups in total. The molecular formula is C20H22F3N5O3. The van der Waals surface area contributed by atoms with Gasteiger partial charge in [0.15, 0.2) is 0 Å². The summed E-state index contributed by atoms with van der Waals surface area (Å²) < 4.78 is 40.9. The highest BCUT2D eigenvalue weighted by Gasteiger charge is 2.37. The molecule has 0 radical (unpaired) electrons. The Kier molecular flexibility index (Phi) is 6.44. The molecule has 11 heteroatoms. The summed E-state index contributed by atoms with van der Waals surface area (Å²) in [5.74, 6) is -0.585. The monoisotopic (exact) mass is 437 g/mol. The lowest BCUT2D eigenvalue weighted by atomic mass is 10.0. The van der Waals surface area contributed by atoms with E-state index in [1.165, 1.54) is 16.0 Å². The van der Waals surface area contributed by atoms with Crippen molar-refractivity contribution in [2.24, 2.45) is 0 Å². The number of rotatable bonds is 5. The zero-order valence-corrected chi connectivity index (χ0v) is 17.0. The zero-order valence-electron chi connectivity index (χ0n) is 17.0. The number of amides is 2. The number of anilines is 1. The molecule has 1 aliphatic heterocycles. The number of nitrogens with two attached hydrogens (primary N) is 1. The third-order valence-corrected chi connectivity index (χ3v) is 5.02. The lowest BCUT2D eigenvalue weighted by molar-refractivity contribution is -0.325. The molecule has 1 aromatic heterocycles. The summed E-state index contributed by atoms with van der Waals surface area (Å²) in [6.45, 7) is 1.47. The maximum atomic E-state index is 13.2. The minimum absolute atomic E-state index is 0.197. The van der Waals surface area contributed by atoms with E-state index in [9.17, 15) is 22.8 Å². The second-order valence-electron chi connectivity index (χ2n) is 7.16. The summed E-state index contributed by atoms with van der Waals surface area (Å²) in [5.41, 5.74) is 7.67. The van der Waals surface area contributed by atoms with Crippen LogP contribution in [0, 0.1) is 6.92 Å². The number of aromatic nitrogens is 2. The molecule has 0 spiro atoms. The molecule has 0 bridgehead atoms. The number of piperazine rings is 1. The van der Waals surface area contributed by atoms with Crippen LogP contribution in [0.5, 0.6) is 0 Å². The van der Waals surface area contributed by atoms with Gasteiger partial charge in [-0.25, -0.2) is 9.97 Å². The molecule has 31 heavy (non-hydrogen) atoms. The molecular weight excluding hydrogens is 415 g/mol. The second-order valence-corrected chi connectivity index (χ2v) is 7.16. The van der Waals surface area contributed by atoms with Crippen molar-refractivity contribution < 1.29 is 27.5 Å². The summed E-state index contributed by atoms with van der Waals surface area (Å²) in [6.07, 6.45) is -3.58. The van der Waals surface area contributed by atoms with Crippen LogP contribution < -0.4 is 5.73 Å². The number of nitrogen functional groups attached to an aromatic ring is 1. The van der Waals surface area contributed by atoms with Gasteiger partial charge in [-0.1, -0.05) is 12.1 Å². The maximum absolute atomic E-state index is 13.2. The standard InChI is InChI=1S/C20H22F3N5O3/c1-12-17(24)25-11-15(26-12)13-4-3-5-14(10-13)18(29)28-8-7-27(2)19(30)16(28)6-9-31-20(21,22)23/h3-5,10-11,16H,6-9H2,1-2H3,(H2,24,25). The van der Waals surface area contributed by atoms with E-state index in [1.54, 1.807) is 38.2 Å². The minimum Gasteiger partial charge on any atom is -0.382 e. The van der Waals surface area contributed by atoms with Gasteiger partial charge < -0.3 is 15.5 Å². The second kappa shape index (κ2) is 8.88. The van der Waals surface area contributed by atoms with Gasteiger partial charge >= 0.3 is 6.36 Å². The Labute approximate surface area is 176 Å². The van der Waals surface area contributed by atoms with E-state index >= 15 is 0 Å². The fourth-order valence-corrected chi connectivity index (χ4v) is 3.33. The van der Waals surface area contributed by atoms with E-state index in [1.807, 2.05) is 0 Å². The topological polar surface area (TPSA) is 102 Å². The van der Waals surface area contributed by atoms with E-state index in [-0.39, 0.29) is 25.1 Å². The Balaban J connectivity index is 1.83. The molecule has 1 aliphatic rings. The van der Waals surface area contributed by atoms with E-state index in [4.69, 9.17) is 5.73 Å². The van der Waals surface area contributed by atoms with E-state index < -0.39 is 30.8 Å². The highest BCUT2D eigenvalue weighted by Crippen LogP contribution is 2.23. The smallest absolute Gasteiger partial charge is 0.382 e. The molecule has 8 nitrogen and oxygen atoms in total. The number of ether oxygens (including phenoxy) is 1. The molecule has 2 amide bonds. The quantitative estimate of drug-likeness (QED) is 0.770. The van der Waals surface area contributed by atoms with Gasteiger partial charge in [-0.05, 0) is 19.1 Å². The van der Waals surface area contributed by atoms with Gasteiger partial charge in [0.25, 0.3) is 5.91 Å². The number of carbonyl (C=O) groups excluding carboxylic acids is 2. The van der Waals surface area contributed by atoms with E-state index in [0.717, 1.165) is 0 Å². The zero-order chi connectivity index (χ0) is 22.8. The van der Waals surface area contributed by atoms with Gasteiger partial charge in [-0.3, -0.25) is 14.3 Å². The van der Waals surface area contributed by atoms with Crippen LogP contribution in [0.25, 0.3) is 11.3 Å². The Morgan fingerprint density at radius 2 is 2.06 bits per heavy atom. The number of likely N-dealkylation sites (N-methyl/N-ethyl adjacent to an activating group) is 1. The number of hydrogen-bond donors (Lipinski definition) is 1. The highest BCUT2D eigenvalue weighted by atomic mass is 19.4. The van der Waals surface area contributed by atoms with Crippen molar-refractivity contribution in [2.75, 3.05) is 32.5 Å². The van der Waals surface area contributed by atoms with Crippen molar-refractivity contribution >= 4 is 17.6 Å². The average Bonchev–Trinajstić information content (AvgIpc) is 2.72. The molecule has 0 saturated carbocycles. The summed E-state index contributed by atoms with van der Waals surface area (Å²) in [7, 11) is 1.55. The number of aryl methyl sites for hydroxylation is 1. The van der Waals surface area contributed by atoms with Crippen LogP contribution in [0.2, 0.25) is 0 Å². The Morgan fingerprint density at radius 1 is 1.32 bits per heavy atom. The average molecular weight is 437 g/mol. The molecule has 2 aromatic rings. The van der Waals surface area contributed by atoms with Crippen LogP contribution >= 0.6 is 0 Å². The largest absolute Gasteiger partial charge is 0.522 e. The van der Waals surface area contributed by atoms with Gasteiger partial charge in [0.2, 0.25) is 5.91 Å². The summed E-state index contributed by atoms with van der Waals surface area (Å²) in [5, 5.41) is 0. The number of halogens is 3. The molecule has 0 aliphatic carbocycles. The van der Waals surface area contributed by atoms with Crippen LogP contribution in [-0.2, 0) is 9.53 Å². The Hall–Kier alpha value is -3.21. The molecule has 1 aromatic carbocycles. The third-order valence-electron chi connectivity index (χ3n) is 5.02. The SMILES string of the molecule is Cc1nc(-c2cccc(C(=O)N3CCN(C)C(=O)C3CCOC(F)(F)F)c2)cnc1N. The van der Waals surface area contributed by atoms with E-state index in [0.29, 0.717) is 22.8 Å². The third kappa shape index (κ3) is 5.29. The van der Waals surface area contributed by atoms with Crippen molar-refractivity contribution in [1.82, 2.24) is 19.8 Å². The fraction of sp³-hybridized carbons (Fsp3) is 0.400. The minimum atomic E-state index is -4.80. The normalized spacial score (nSPS) is 17.2. The molecule has 1 saturated heterocycles. The van der Waals surface area contributed by atoms with Crippen molar-refractivity contribution in [3.8, 4) is 11.3 Å². The molecule has 166 valence electrons. The van der Waals surface area contributed by atoms with Crippen LogP contribution in [0.1, 0.15) is 22.5 Å². The van der Waals surface area contributed by atoms with Gasteiger partial charge in [0.1, 0.15) is 11.9 Å². The first-order chi connectivity index (χ1) is 14.6. The van der Waals surface area contributed by atoms with Crippen LogP contribution in [0.15, 0.2) is 30.5 Å². The van der Waals surface area contributed by atoms with Crippen LogP contribution in [0.3, 0.4) is 0 Å². The molecule has 1 fully saturated rings. The van der Waals surface area contributed by atoms with Crippen LogP contribution in [0.4, 0.5) is 19.0 Å². The van der Waals surface area contributed by atoms with Gasteiger partial charge in [0.05, 0.1) is 24.2 Å². The first kappa shape index (κ1) is 22.5. The summed E-state index contributed by atoms with van der Waals surface area (Å²) in [4.78, 5) is 36.8. The van der Waals surface area contributed by atoms with Gasteiger partial charge in [-0.2, -0.15) is 0 Å². The van der Waals surface area contributed by atoms with Crippen molar-refractivity contribution in [1.29, 1.82) is 0 Å². The predicted molar refractivity (Wildman–Crippen MR) is 106 cm³/mol. The summed E-state index contributed by atoms with van der Waals surface area (Å²) >= 11 is 0. The number of hydrogen-bond acceptors (Lipinski definition) is 6. The lowest BCUT2D eigenvalue weighted by Crippen LogP contribution is -2.57. The number of benzene rings is 1. The highest BCUT2D eigenvalue weighted by molar-refractivity contribution is 5.99. The Morgan fingerprint density at radius 3 is 2.74 bits per heavy atom. The molecule has 1 atom stereocenters. The lowest BCUT2D eigenvalue weighted by Gasteiger charge is -2.39. The summed E-state index contributed by atoms with van der Waals surface area (Å²) in [6, 6.07) is 5.55. The number of carbonyl (C=O) groups is 2. The van der Waals surface area contributed by atoms with Crippen molar-refractivity contribution in [2.45, 2.75) is 25.7 Å². The maximum Gasteiger partial charge on any atom is 0.522 e. The Bertz CT molecular complexity index is 983.